The lowest BCUT2D eigenvalue weighted by Gasteiger charge is -2.32. The molecule has 0 saturated heterocycles. The molecule has 1 aromatic heterocycles. The molecule has 1 amide bonds. The number of nitrogens with zero attached hydrogens (tertiary/aromatic N) is 3. The third-order valence-corrected chi connectivity index (χ3v) is 5.91. The summed E-state index contributed by atoms with van der Waals surface area (Å²) in [4.78, 5) is 13.2. The average Bonchev–Trinajstić information content (AvgIpc) is 3.08. The lowest BCUT2D eigenvalue weighted by molar-refractivity contribution is -0.116. The van der Waals surface area contributed by atoms with Gasteiger partial charge in [-0.2, -0.15) is 0 Å². The van der Waals surface area contributed by atoms with Crippen molar-refractivity contribution in [3.05, 3.63) is 65.5 Å². The predicted molar refractivity (Wildman–Crippen MR) is 114 cm³/mol. The Morgan fingerprint density at radius 3 is 2.72 bits per heavy atom. The third-order valence-electron chi connectivity index (χ3n) is 4.69. The molecule has 150 valence electrons. The van der Waals surface area contributed by atoms with Gasteiger partial charge in [0, 0.05) is 5.69 Å². The molecular formula is C21H23N5O2S. The Morgan fingerprint density at radius 2 is 2.00 bits per heavy atom. The van der Waals surface area contributed by atoms with Crippen LogP contribution in [-0.2, 0) is 4.79 Å². The van der Waals surface area contributed by atoms with Crippen molar-refractivity contribution in [3.63, 3.8) is 0 Å². The number of thioether (sulfide) groups is 1. The van der Waals surface area contributed by atoms with Gasteiger partial charge in [-0.1, -0.05) is 36.0 Å². The number of anilines is 1. The van der Waals surface area contributed by atoms with Crippen LogP contribution in [-0.4, -0.2) is 32.6 Å². The van der Waals surface area contributed by atoms with E-state index in [0.29, 0.717) is 11.8 Å². The number of nitrogens with one attached hydrogen (secondary N) is 2. The van der Waals surface area contributed by atoms with Gasteiger partial charge in [-0.15, -0.1) is 10.2 Å². The van der Waals surface area contributed by atoms with Crippen LogP contribution in [0.3, 0.4) is 0 Å². The largest absolute Gasteiger partial charge is 0.494 e. The number of aromatic nitrogens is 3. The lowest BCUT2D eigenvalue weighted by atomic mass is 10.0. The van der Waals surface area contributed by atoms with E-state index in [1.165, 1.54) is 11.8 Å². The molecule has 0 radical (unpaired) electrons. The summed E-state index contributed by atoms with van der Waals surface area (Å²) in [5.74, 6) is 1.47. The number of carbonyl (C=O) groups is 1. The zero-order valence-electron chi connectivity index (χ0n) is 16.5. The number of benzene rings is 2. The molecule has 0 aliphatic carbocycles. The zero-order chi connectivity index (χ0) is 20.4. The van der Waals surface area contributed by atoms with Crippen LogP contribution in [0.5, 0.6) is 5.75 Å². The summed E-state index contributed by atoms with van der Waals surface area (Å²) in [6.07, 6.45) is 0. The van der Waals surface area contributed by atoms with Crippen molar-refractivity contribution < 1.29 is 9.53 Å². The molecule has 1 aliphatic rings. The number of carbonyl (C=O) groups excluding carboxylic acids is 1. The molecule has 2 aromatic carbocycles. The maximum atomic E-state index is 13.2. The van der Waals surface area contributed by atoms with Gasteiger partial charge < -0.3 is 15.5 Å². The second-order valence-corrected chi connectivity index (χ2v) is 7.98. The Hall–Kier alpha value is -3.00. The molecule has 0 unspecified atom stereocenters. The Bertz CT molecular complexity index is 1020. The van der Waals surface area contributed by atoms with Crippen molar-refractivity contribution in [1.29, 1.82) is 0 Å². The molecule has 0 fully saturated rings. The summed E-state index contributed by atoms with van der Waals surface area (Å²) in [7, 11) is 0. The fraction of sp³-hybridized carbons (Fsp3) is 0.286. The van der Waals surface area contributed by atoms with E-state index in [4.69, 9.17) is 4.74 Å². The number of aryl methyl sites for hydroxylation is 2. The number of rotatable bonds is 5. The van der Waals surface area contributed by atoms with Crippen LogP contribution in [0.25, 0.3) is 0 Å². The molecule has 0 saturated carbocycles. The fourth-order valence-corrected chi connectivity index (χ4v) is 4.41. The van der Waals surface area contributed by atoms with Crippen molar-refractivity contribution >= 4 is 23.4 Å². The molecule has 4 rings (SSSR count). The molecule has 0 spiro atoms. The first-order valence-corrected chi connectivity index (χ1v) is 10.4. The van der Waals surface area contributed by atoms with Gasteiger partial charge in [0.05, 0.1) is 12.6 Å². The number of ether oxygens (including phenoxy) is 1. The molecule has 2 atom stereocenters. The van der Waals surface area contributed by atoms with Crippen molar-refractivity contribution in [1.82, 2.24) is 14.9 Å². The maximum Gasteiger partial charge on any atom is 0.240 e. The van der Waals surface area contributed by atoms with E-state index < -0.39 is 5.25 Å². The second kappa shape index (κ2) is 8.16. The topological polar surface area (TPSA) is 81.1 Å². The first kappa shape index (κ1) is 19.3. The van der Waals surface area contributed by atoms with Gasteiger partial charge in [0.1, 0.15) is 16.8 Å². The van der Waals surface area contributed by atoms with Crippen molar-refractivity contribution in [2.45, 2.75) is 37.2 Å². The normalized spacial score (nSPS) is 17.9. The van der Waals surface area contributed by atoms with Crippen molar-refractivity contribution in [2.75, 3.05) is 17.3 Å². The molecule has 0 bridgehead atoms. The standard InChI is InChI=1S/C21H23N5O2S/c1-4-28-17-10-8-15(9-11-17)18-19(29-21-24-23-14(3)26(21)25-18)20(27)22-16-7-5-6-13(2)12-16/h5-12,18-19,25H,4H2,1-3H3,(H,22,27)/t18-,19+/m0/s1. The van der Waals surface area contributed by atoms with Crippen LogP contribution in [0.4, 0.5) is 5.69 Å². The number of hydrogen-bond donors (Lipinski definition) is 2. The maximum absolute atomic E-state index is 13.2. The molecule has 8 heteroatoms. The molecule has 1 aliphatic heterocycles. The minimum atomic E-state index is -0.412. The second-order valence-electron chi connectivity index (χ2n) is 6.87. The fourth-order valence-electron chi connectivity index (χ4n) is 3.28. The van der Waals surface area contributed by atoms with Gasteiger partial charge >= 0.3 is 0 Å². The summed E-state index contributed by atoms with van der Waals surface area (Å²) in [5, 5.41) is 11.6. The highest BCUT2D eigenvalue weighted by Gasteiger charge is 2.37. The van der Waals surface area contributed by atoms with E-state index in [-0.39, 0.29) is 11.9 Å². The van der Waals surface area contributed by atoms with Gasteiger partial charge in [0.2, 0.25) is 11.1 Å². The van der Waals surface area contributed by atoms with Gasteiger partial charge in [0.15, 0.2) is 0 Å². The van der Waals surface area contributed by atoms with Crippen LogP contribution in [0.2, 0.25) is 0 Å². The van der Waals surface area contributed by atoms with Crippen LogP contribution in [0.1, 0.15) is 29.9 Å². The third kappa shape index (κ3) is 4.07. The van der Waals surface area contributed by atoms with Gasteiger partial charge in [-0.3, -0.25) is 4.79 Å². The first-order chi connectivity index (χ1) is 14.0. The van der Waals surface area contributed by atoms with E-state index in [9.17, 15) is 4.79 Å². The summed E-state index contributed by atoms with van der Waals surface area (Å²) >= 11 is 1.41. The highest BCUT2D eigenvalue weighted by molar-refractivity contribution is 8.00. The van der Waals surface area contributed by atoms with Crippen molar-refractivity contribution in [3.8, 4) is 5.75 Å². The van der Waals surface area contributed by atoms with Gasteiger partial charge in [-0.05, 0) is 56.2 Å². The molecule has 7 nitrogen and oxygen atoms in total. The summed E-state index contributed by atoms with van der Waals surface area (Å²) in [5.41, 5.74) is 6.28. The smallest absolute Gasteiger partial charge is 0.240 e. The van der Waals surface area contributed by atoms with E-state index in [0.717, 1.165) is 28.4 Å². The predicted octanol–water partition coefficient (Wildman–Crippen LogP) is 3.69. The Kier molecular flexibility index (Phi) is 5.44. The van der Waals surface area contributed by atoms with E-state index in [1.807, 2.05) is 74.0 Å². The minimum absolute atomic E-state index is 0.0844. The van der Waals surface area contributed by atoms with Crippen LogP contribution in [0.15, 0.2) is 53.7 Å². The average molecular weight is 410 g/mol. The quantitative estimate of drug-likeness (QED) is 0.669. The molecule has 3 aromatic rings. The zero-order valence-corrected chi connectivity index (χ0v) is 17.4. The number of hydrogen-bond acceptors (Lipinski definition) is 6. The van der Waals surface area contributed by atoms with Crippen LogP contribution < -0.4 is 15.5 Å². The highest BCUT2D eigenvalue weighted by atomic mass is 32.2. The SMILES string of the molecule is CCOc1ccc([C@@H]2Nn3c(C)nnc3S[C@H]2C(=O)Nc2cccc(C)c2)cc1. The molecule has 2 heterocycles. The summed E-state index contributed by atoms with van der Waals surface area (Å²) in [6, 6.07) is 15.4. The monoisotopic (exact) mass is 409 g/mol. The number of fused-ring (bicyclic) bond motifs is 1. The lowest BCUT2D eigenvalue weighted by Crippen LogP contribution is -2.41. The summed E-state index contributed by atoms with van der Waals surface area (Å²) in [6.45, 7) is 6.45. The molecular weight excluding hydrogens is 386 g/mol. The van der Waals surface area contributed by atoms with Gasteiger partial charge in [-0.25, -0.2) is 4.68 Å². The molecule has 29 heavy (non-hydrogen) atoms. The van der Waals surface area contributed by atoms with Crippen molar-refractivity contribution in [2.24, 2.45) is 0 Å². The summed E-state index contributed by atoms with van der Waals surface area (Å²) < 4.78 is 7.38. The highest BCUT2D eigenvalue weighted by Crippen LogP contribution is 2.37. The Morgan fingerprint density at radius 1 is 1.21 bits per heavy atom. The van der Waals surface area contributed by atoms with Crippen LogP contribution >= 0.6 is 11.8 Å². The van der Waals surface area contributed by atoms with Gasteiger partial charge in [0.25, 0.3) is 0 Å². The van der Waals surface area contributed by atoms with E-state index in [2.05, 4.69) is 20.9 Å². The molecule has 2 N–H and O–H groups in total. The number of amides is 1. The first-order valence-electron chi connectivity index (χ1n) is 9.50. The van der Waals surface area contributed by atoms with E-state index >= 15 is 0 Å². The van der Waals surface area contributed by atoms with E-state index in [1.54, 1.807) is 0 Å². The Balaban J connectivity index is 1.64. The van der Waals surface area contributed by atoms with Crippen LogP contribution in [0, 0.1) is 13.8 Å². The minimum Gasteiger partial charge on any atom is -0.494 e. The Labute approximate surface area is 173 Å².